The van der Waals surface area contributed by atoms with Crippen LogP contribution < -0.4 is 15.5 Å². The van der Waals surface area contributed by atoms with Gasteiger partial charge in [0.15, 0.2) is 0 Å². The van der Waals surface area contributed by atoms with Gasteiger partial charge in [0.1, 0.15) is 11.7 Å². The van der Waals surface area contributed by atoms with Gasteiger partial charge in [0, 0.05) is 49.5 Å². The van der Waals surface area contributed by atoms with Crippen molar-refractivity contribution in [2.45, 2.75) is 45.2 Å². The summed E-state index contributed by atoms with van der Waals surface area (Å²) in [5.41, 5.74) is 8.62. The summed E-state index contributed by atoms with van der Waals surface area (Å²) in [5, 5.41) is 3.52. The molecule has 0 aliphatic carbocycles. The van der Waals surface area contributed by atoms with Crippen LogP contribution in [0.15, 0.2) is 18.2 Å². The van der Waals surface area contributed by atoms with Gasteiger partial charge in [-0.3, -0.25) is 9.28 Å². The summed E-state index contributed by atoms with van der Waals surface area (Å²) in [7, 11) is 0. The van der Waals surface area contributed by atoms with Crippen LogP contribution in [0, 0.1) is 6.92 Å². The van der Waals surface area contributed by atoms with Crippen molar-refractivity contribution in [2.24, 2.45) is 5.73 Å². The van der Waals surface area contributed by atoms with Gasteiger partial charge in [-0.05, 0) is 26.0 Å². The molecule has 0 aromatic heterocycles. The van der Waals surface area contributed by atoms with Crippen molar-refractivity contribution in [3.05, 3.63) is 29.3 Å². The number of hydrogen-bond donors (Lipinski definition) is 2. The van der Waals surface area contributed by atoms with Gasteiger partial charge in [-0.25, -0.2) is 0 Å². The van der Waals surface area contributed by atoms with Crippen molar-refractivity contribution >= 4 is 11.6 Å². The molecule has 2 heterocycles. The molecule has 2 aliphatic rings. The van der Waals surface area contributed by atoms with Gasteiger partial charge in [-0.1, -0.05) is 0 Å². The minimum absolute atomic E-state index is 0.340. The Bertz CT molecular complexity index is 551. The van der Waals surface area contributed by atoms with Crippen LogP contribution in [-0.2, 0) is 0 Å². The first-order chi connectivity index (χ1) is 10.1. The van der Waals surface area contributed by atoms with Crippen LogP contribution >= 0.6 is 0 Å². The first-order valence-electron chi connectivity index (χ1n) is 8.05. The number of benzene rings is 1. The standard InChI is InChI=1S/C17H25N3O/c1-12-10-14(17(18)21)5-6-16(12)20(9-3-4-13(20)2)15-7-8-19-11-15/h5-6,10,13,15,19H,3-4,7-9,11H2,1-2H3,(H-,18,21)/p+1. The fourth-order valence-corrected chi connectivity index (χ4v) is 4.50. The first kappa shape index (κ1) is 14.5. The maximum atomic E-state index is 11.4. The van der Waals surface area contributed by atoms with E-state index in [1.807, 2.05) is 12.1 Å². The SMILES string of the molecule is Cc1cc(C(N)=O)ccc1[N+]1(C2CCNC2)CCCC1C. The lowest BCUT2D eigenvalue weighted by Gasteiger charge is -2.44. The molecule has 4 heteroatoms. The molecule has 1 amide bonds. The molecular formula is C17H26N3O+. The van der Waals surface area contributed by atoms with E-state index in [0.717, 1.165) is 17.6 Å². The zero-order valence-corrected chi connectivity index (χ0v) is 13.1. The number of nitrogens with one attached hydrogen (secondary N) is 1. The molecule has 4 nitrogen and oxygen atoms in total. The molecule has 2 saturated heterocycles. The summed E-state index contributed by atoms with van der Waals surface area (Å²) in [5.74, 6) is -0.340. The second-order valence-corrected chi connectivity index (χ2v) is 6.66. The fourth-order valence-electron chi connectivity index (χ4n) is 4.50. The Morgan fingerprint density at radius 3 is 2.71 bits per heavy atom. The number of carbonyl (C=O) groups is 1. The van der Waals surface area contributed by atoms with Crippen LogP contribution in [0.3, 0.4) is 0 Å². The molecule has 1 aromatic carbocycles. The third-order valence-corrected chi connectivity index (χ3v) is 5.55. The molecule has 2 aliphatic heterocycles. The van der Waals surface area contributed by atoms with Crippen molar-refractivity contribution in [3.63, 3.8) is 0 Å². The predicted octanol–water partition coefficient (Wildman–Crippen LogP) is 1.95. The Labute approximate surface area is 126 Å². The summed E-state index contributed by atoms with van der Waals surface area (Å²) in [6.07, 6.45) is 3.81. The van der Waals surface area contributed by atoms with E-state index in [-0.39, 0.29) is 5.91 Å². The Morgan fingerprint density at radius 2 is 2.19 bits per heavy atom. The Hall–Kier alpha value is -1.39. The largest absolute Gasteiger partial charge is 0.366 e. The number of carbonyl (C=O) groups excluding carboxylic acids is 1. The molecule has 0 radical (unpaired) electrons. The number of likely N-dealkylation sites (tertiary alicyclic amines) is 1. The topological polar surface area (TPSA) is 55.1 Å². The van der Waals surface area contributed by atoms with E-state index in [1.165, 1.54) is 37.1 Å². The summed E-state index contributed by atoms with van der Waals surface area (Å²) >= 11 is 0. The zero-order valence-electron chi connectivity index (χ0n) is 13.1. The van der Waals surface area contributed by atoms with Crippen LogP contribution in [0.25, 0.3) is 0 Å². The average molecular weight is 288 g/mol. The second-order valence-electron chi connectivity index (χ2n) is 6.66. The van der Waals surface area contributed by atoms with Crippen LogP contribution in [-0.4, -0.2) is 37.6 Å². The molecule has 21 heavy (non-hydrogen) atoms. The lowest BCUT2D eigenvalue weighted by atomic mass is 10.0. The predicted molar refractivity (Wildman–Crippen MR) is 86.3 cm³/mol. The number of aryl methyl sites for hydroxylation is 1. The molecule has 0 spiro atoms. The Balaban J connectivity index is 2.07. The van der Waals surface area contributed by atoms with Gasteiger partial charge in [-0.15, -0.1) is 0 Å². The van der Waals surface area contributed by atoms with E-state index in [1.54, 1.807) is 0 Å². The summed E-state index contributed by atoms with van der Waals surface area (Å²) in [6, 6.07) is 7.31. The molecule has 2 fully saturated rings. The normalized spacial score (nSPS) is 32.5. The van der Waals surface area contributed by atoms with Gasteiger partial charge >= 0.3 is 0 Å². The molecule has 3 atom stereocenters. The maximum Gasteiger partial charge on any atom is 0.248 e. The van der Waals surface area contributed by atoms with Crippen molar-refractivity contribution in [2.75, 3.05) is 19.6 Å². The monoisotopic (exact) mass is 288 g/mol. The number of rotatable bonds is 3. The molecule has 3 unspecified atom stereocenters. The lowest BCUT2D eigenvalue weighted by molar-refractivity contribution is 0.1000. The first-order valence-corrected chi connectivity index (χ1v) is 8.05. The highest BCUT2D eigenvalue weighted by molar-refractivity contribution is 5.93. The molecule has 1 aromatic rings. The fraction of sp³-hybridized carbons (Fsp3) is 0.588. The smallest absolute Gasteiger partial charge is 0.248 e. The van der Waals surface area contributed by atoms with Crippen molar-refractivity contribution in [3.8, 4) is 0 Å². The highest BCUT2D eigenvalue weighted by Gasteiger charge is 2.48. The number of amides is 1. The van der Waals surface area contributed by atoms with E-state index >= 15 is 0 Å². The third kappa shape index (κ3) is 2.27. The average Bonchev–Trinajstić information content (AvgIpc) is 3.08. The van der Waals surface area contributed by atoms with Gasteiger partial charge in [-0.2, -0.15) is 0 Å². The van der Waals surface area contributed by atoms with Crippen LogP contribution in [0.4, 0.5) is 5.69 Å². The summed E-state index contributed by atoms with van der Waals surface area (Å²) < 4.78 is 1.08. The molecule has 3 rings (SSSR count). The Morgan fingerprint density at radius 1 is 1.38 bits per heavy atom. The minimum Gasteiger partial charge on any atom is -0.366 e. The highest BCUT2D eigenvalue weighted by atomic mass is 16.1. The van der Waals surface area contributed by atoms with Gasteiger partial charge in [0.05, 0.1) is 12.6 Å². The Kier molecular flexibility index (Phi) is 3.76. The minimum atomic E-state index is -0.340. The number of hydrogen-bond acceptors (Lipinski definition) is 2. The van der Waals surface area contributed by atoms with Gasteiger partial charge in [0.2, 0.25) is 5.91 Å². The maximum absolute atomic E-state index is 11.4. The lowest BCUT2D eigenvalue weighted by Crippen LogP contribution is -2.60. The number of nitrogens with two attached hydrogens (primary N) is 1. The third-order valence-electron chi connectivity index (χ3n) is 5.55. The number of nitrogens with zero attached hydrogens (tertiary/aromatic N) is 1. The molecule has 3 N–H and O–H groups in total. The van der Waals surface area contributed by atoms with E-state index in [9.17, 15) is 4.79 Å². The van der Waals surface area contributed by atoms with Gasteiger partial charge < -0.3 is 11.1 Å². The van der Waals surface area contributed by atoms with E-state index in [0.29, 0.717) is 17.6 Å². The highest BCUT2D eigenvalue weighted by Crippen LogP contribution is 2.41. The van der Waals surface area contributed by atoms with Crippen LogP contribution in [0.2, 0.25) is 0 Å². The summed E-state index contributed by atoms with van der Waals surface area (Å²) in [6.45, 7) is 7.93. The quantitative estimate of drug-likeness (QED) is 0.835. The second kappa shape index (κ2) is 5.43. The summed E-state index contributed by atoms with van der Waals surface area (Å²) in [4.78, 5) is 11.4. The zero-order chi connectivity index (χ0) is 15.0. The number of quaternary nitrogens is 1. The molecule has 114 valence electrons. The number of primary amides is 1. The molecule has 0 saturated carbocycles. The van der Waals surface area contributed by atoms with E-state index < -0.39 is 0 Å². The van der Waals surface area contributed by atoms with Gasteiger partial charge in [0.25, 0.3) is 0 Å². The van der Waals surface area contributed by atoms with Crippen molar-refractivity contribution < 1.29 is 4.79 Å². The van der Waals surface area contributed by atoms with Crippen molar-refractivity contribution in [1.82, 2.24) is 9.80 Å². The van der Waals surface area contributed by atoms with E-state index in [4.69, 9.17) is 5.73 Å². The van der Waals surface area contributed by atoms with Crippen LogP contribution in [0.5, 0.6) is 0 Å². The molecular weight excluding hydrogens is 262 g/mol. The van der Waals surface area contributed by atoms with E-state index in [2.05, 4.69) is 25.2 Å². The molecule has 0 bridgehead atoms. The van der Waals surface area contributed by atoms with Crippen molar-refractivity contribution in [1.29, 1.82) is 0 Å². The van der Waals surface area contributed by atoms with Crippen LogP contribution in [0.1, 0.15) is 42.1 Å².